The Bertz CT molecular complexity index is 773. The largest absolute Gasteiger partial charge is 0.468 e. The molecule has 0 fully saturated rings. The molecule has 0 unspecified atom stereocenters. The summed E-state index contributed by atoms with van der Waals surface area (Å²) in [6.07, 6.45) is -0.301. The van der Waals surface area contributed by atoms with Gasteiger partial charge in [0.25, 0.3) is 0 Å². The summed E-state index contributed by atoms with van der Waals surface area (Å²) in [5.41, 5.74) is 3.30. The summed E-state index contributed by atoms with van der Waals surface area (Å²) in [5, 5.41) is 12.7. The van der Waals surface area contributed by atoms with Crippen LogP contribution >= 0.6 is 0 Å². The van der Waals surface area contributed by atoms with E-state index in [0.717, 1.165) is 5.57 Å². The summed E-state index contributed by atoms with van der Waals surface area (Å²) in [6, 6.07) is 12.5. The molecule has 1 aliphatic carbocycles. The lowest BCUT2D eigenvalue weighted by molar-refractivity contribution is 0.153. The number of ether oxygens (including phenoxy) is 1. The Morgan fingerprint density at radius 3 is 2.71 bits per heavy atom. The molecule has 0 saturated heterocycles. The summed E-state index contributed by atoms with van der Waals surface area (Å²) < 4.78 is 5.98. The van der Waals surface area contributed by atoms with E-state index in [9.17, 15) is 5.11 Å². The monoisotopic (exact) mass is 279 g/mol. The van der Waals surface area contributed by atoms with Crippen molar-refractivity contribution in [3.8, 4) is 0 Å². The number of hydrogen-bond donors (Lipinski definition) is 1. The van der Waals surface area contributed by atoms with Crippen LogP contribution in [0.25, 0.3) is 10.8 Å². The maximum absolute atomic E-state index is 10.2. The van der Waals surface area contributed by atoms with Gasteiger partial charge in [-0.25, -0.2) is 4.99 Å². The van der Waals surface area contributed by atoms with Crippen LogP contribution in [0.3, 0.4) is 0 Å². The number of benzene rings is 2. The van der Waals surface area contributed by atoms with Crippen LogP contribution in [0.1, 0.15) is 36.6 Å². The molecule has 1 N–H and O–H groups in total. The molecule has 2 aromatic rings. The summed E-state index contributed by atoms with van der Waals surface area (Å²) in [5.74, 6) is 0.444. The van der Waals surface area contributed by atoms with Crippen molar-refractivity contribution in [3.05, 3.63) is 59.7 Å². The number of nitrogens with zero attached hydrogens (tertiary/aromatic N) is 1. The van der Waals surface area contributed by atoms with E-state index in [1.165, 1.54) is 21.9 Å². The first-order valence-corrected chi connectivity index (χ1v) is 7.23. The fraction of sp³-hybridized carbons (Fsp3) is 0.278. The van der Waals surface area contributed by atoms with Crippen LogP contribution in [0.4, 0.5) is 0 Å². The highest BCUT2D eigenvalue weighted by molar-refractivity contribution is 5.94. The van der Waals surface area contributed by atoms with E-state index in [4.69, 9.17) is 4.74 Å². The third-order valence-corrected chi connectivity index (χ3v) is 4.22. The number of aliphatic imine (C=N–C) groups is 1. The molecule has 3 nitrogen and oxygen atoms in total. The van der Waals surface area contributed by atoms with Gasteiger partial charge in [-0.15, -0.1) is 6.58 Å². The van der Waals surface area contributed by atoms with Crippen LogP contribution in [0.5, 0.6) is 0 Å². The van der Waals surface area contributed by atoms with Gasteiger partial charge in [0, 0.05) is 12.0 Å². The van der Waals surface area contributed by atoms with Crippen LogP contribution in [-0.2, 0) is 4.74 Å². The molecule has 3 heteroatoms. The molecule has 21 heavy (non-hydrogen) atoms. The van der Waals surface area contributed by atoms with Crippen molar-refractivity contribution < 1.29 is 9.84 Å². The van der Waals surface area contributed by atoms with E-state index in [2.05, 4.69) is 48.0 Å². The molecule has 0 aromatic heterocycles. The zero-order valence-corrected chi connectivity index (χ0v) is 11.9. The molecule has 0 bridgehead atoms. The summed E-state index contributed by atoms with van der Waals surface area (Å²) >= 11 is 0. The van der Waals surface area contributed by atoms with E-state index in [1.807, 2.05) is 6.92 Å². The molecule has 1 heterocycles. The quantitative estimate of drug-likeness (QED) is 0.871. The van der Waals surface area contributed by atoms with Crippen molar-refractivity contribution in [3.63, 3.8) is 0 Å². The SMILES string of the molecule is C=C(C)C[C@H](O)C1=N[C@H]2c3cccc4cccc(c34)[C@H]2O1. The second-order valence-electron chi connectivity index (χ2n) is 5.92. The van der Waals surface area contributed by atoms with Crippen molar-refractivity contribution in [2.24, 2.45) is 4.99 Å². The Balaban J connectivity index is 1.76. The van der Waals surface area contributed by atoms with Gasteiger partial charge in [-0.1, -0.05) is 42.0 Å². The Morgan fingerprint density at radius 1 is 1.29 bits per heavy atom. The van der Waals surface area contributed by atoms with Crippen LogP contribution < -0.4 is 0 Å². The maximum atomic E-state index is 10.2. The topological polar surface area (TPSA) is 41.8 Å². The number of aliphatic hydroxyl groups excluding tert-OH is 1. The van der Waals surface area contributed by atoms with Crippen molar-refractivity contribution >= 4 is 16.7 Å². The van der Waals surface area contributed by atoms with Gasteiger partial charge in [0.15, 0.2) is 6.10 Å². The smallest absolute Gasteiger partial charge is 0.214 e. The van der Waals surface area contributed by atoms with Crippen molar-refractivity contribution in [1.29, 1.82) is 0 Å². The van der Waals surface area contributed by atoms with Gasteiger partial charge in [-0.05, 0) is 23.3 Å². The molecule has 0 amide bonds. The van der Waals surface area contributed by atoms with Gasteiger partial charge in [0.1, 0.15) is 12.1 Å². The summed E-state index contributed by atoms with van der Waals surface area (Å²) in [7, 11) is 0. The highest BCUT2D eigenvalue weighted by Crippen LogP contribution is 2.51. The number of aliphatic hydroxyl groups is 1. The standard InChI is InChI=1S/C18H17NO2/c1-10(2)9-14(20)18-19-16-12-7-3-5-11-6-4-8-13(15(11)12)17(16)21-18/h3-8,14,16-17,20H,1,9H2,2H3/t14-,16-,17+/m0/s1. The first-order valence-electron chi connectivity index (χ1n) is 7.23. The van der Waals surface area contributed by atoms with Crippen LogP contribution in [-0.4, -0.2) is 17.1 Å². The predicted molar refractivity (Wildman–Crippen MR) is 83.4 cm³/mol. The molecule has 0 spiro atoms. The molecule has 2 aliphatic rings. The number of rotatable bonds is 3. The molecule has 3 atom stereocenters. The summed E-state index contributed by atoms with van der Waals surface area (Å²) in [4.78, 5) is 4.65. The van der Waals surface area contributed by atoms with E-state index in [-0.39, 0.29) is 12.1 Å². The maximum Gasteiger partial charge on any atom is 0.214 e. The average molecular weight is 279 g/mol. The average Bonchev–Trinajstić information content (AvgIpc) is 3.00. The fourth-order valence-corrected chi connectivity index (χ4v) is 3.36. The van der Waals surface area contributed by atoms with Gasteiger partial charge >= 0.3 is 0 Å². The van der Waals surface area contributed by atoms with Crippen LogP contribution in [0.2, 0.25) is 0 Å². The van der Waals surface area contributed by atoms with E-state index in [0.29, 0.717) is 12.3 Å². The fourth-order valence-electron chi connectivity index (χ4n) is 3.36. The molecule has 0 saturated carbocycles. The normalized spacial score (nSPS) is 23.6. The van der Waals surface area contributed by atoms with Gasteiger partial charge in [0.05, 0.1) is 0 Å². The minimum absolute atomic E-state index is 0.0270. The van der Waals surface area contributed by atoms with Crippen molar-refractivity contribution in [1.82, 2.24) is 0 Å². The predicted octanol–water partition coefficient (Wildman–Crippen LogP) is 3.69. The number of hydrogen-bond acceptors (Lipinski definition) is 3. The lowest BCUT2D eigenvalue weighted by atomic mass is 10.0. The van der Waals surface area contributed by atoms with E-state index in [1.54, 1.807) is 0 Å². The van der Waals surface area contributed by atoms with Gasteiger partial charge in [-0.3, -0.25) is 0 Å². The van der Waals surface area contributed by atoms with Crippen LogP contribution in [0, 0.1) is 0 Å². The molecule has 0 radical (unpaired) electrons. The summed E-state index contributed by atoms with van der Waals surface area (Å²) in [6.45, 7) is 5.73. The Hall–Kier alpha value is -2.13. The molecule has 1 aliphatic heterocycles. The third-order valence-electron chi connectivity index (χ3n) is 4.22. The molecular weight excluding hydrogens is 262 g/mol. The molecule has 106 valence electrons. The molecule has 4 rings (SSSR count). The highest BCUT2D eigenvalue weighted by Gasteiger charge is 2.42. The lowest BCUT2D eigenvalue weighted by Crippen LogP contribution is -2.21. The van der Waals surface area contributed by atoms with Crippen molar-refractivity contribution in [2.75, 3.05) is 0 Å². The first-order chi connectivity index (χ1) is 10.1. The van der Waals surface area contributed by atoms with E-state index < -0.39 is 6.10 Å². The van der Waals surface area contributed by atoms with Gasteiger partial charge in [0.2, 0.25) is 5.90 Å². The number of fused-ring (bicyclic) bond motifs is 3. The van der Waals surface area contributed by atoms with Gasteiger partial charge < -0.3 is 9.84 Å². The molecule has 2 aromatic carbocycles. The Morgan fingerprint density at radius 2 is 2.00 bits per heavy atom. The minimum Gasteiger partial charge on any atom is -0.468 e. The Labute approximate surface area is 123 Å². The highest BCUT2D eigenvalue weighted by atomic mass is 16.5. The second-order valence-corrected chi connectivity index (χ2v) is 5.92. The minimum atomic E-state index is -0.695. The van der Waals surface area contributed by atoms with Crippen molar-refractivity contribution in [2.45, 2.75) is 31.6 Å². The zero-order valence-electron chi connectivity index (χ0n) is 11.9. The molecular formula is C18H17NO2. The Kier molecular flexibility index (Phi) is 2.66. The third kappa shape index (κ3) is 1.81. The lowest BCUT2D eigenvalue weighted by Gasteiger charge is -2.14. The second kappa shape index (κ2) is 4.43. The first kappa shape index (κ1) is 12.6. The van der Waals surface area contributed by atoms with Gasteiger partial charge in [-0.2, -0.15) is 0 Å². The van der Waals surface area contributed by atoms with Crippen LogP contribution in [0.15, 0.2) is 53.5 Å². The zero-order chi connectivity index (χ0) is 14.6. The van der Waals surface area contributed by atoms with E-state index >= 15 is 0 Å².